The maximum atomic E-state index is 11.4. The third kappa shape index (κ3) is 2.88. The van der Waals surface area contributed by atoms with Crippen LogP contribution in [0.4, 0.5) is 5.69 Å². The monoisotopic (exact) mass is 291 g/mol. The average Bonchev–Trinajstić information content (AvgIpc) is 2.52. The number of benzene rings is 1. The van der Waals surface area contributed by atoms with Crippen molar-refractivity contribution in [1.82, 2.24) is 0 Å². The van der Waals surface area contributed by atoms with Crippen LogP contribution in [-0.4, -0.2) is 44.3 Å². The first-order chi connectivity index (χ1) is 8.41. The van der Waals surface area contributed by atoms with Crippen LogP contribution in [0.25, 0.3) is 0 Å². The zero-order chi connectivity index (χ0) is 13.3. The molecule has 0 aromatic heterocycles. The van der Waals surface area contributed by atoms with Crippen molar-refractivity contribution in [3.63, 3.8) is 0 Å². The molecule has 2 rings (SSSR count). The summed E-state index contributed by atoms with van der Waals surface area (Å²) < 4.78 is 28.0. The molecule has 7 heteroatoms. The fourth-order valence-electron chi connectivity index (χ4n) is 1.96. The Bertz CT molecular complexity index is 546. The van der Waals surface area contributed by atoms with Gasteiger partial charge in [0.2, 0.25) is 0 Å². The van der Waals surface area contributed by atoms with E-state index in [2.05, 4.69) is 5.32 Å². The lowest BCUT2D eigenvalue weighted by Crippen LogP contribution is -2.31. The number of nitrogens with one attached hydrogen (secondary N) is 1. The molecule has 1 saturated heterocycles. The number of ether oxygens (including phenoxy) is 1. The third-order valence-electron chi connectivity index (χ3n) is 2.83. The van der Waals surface area contributed by atoms with Gasteiger partial charge in [0.05, 0.1) is 36.4 Å². The van der Waals surface area contributed by atoms with Gasteiger partial charge >= 0.3 is 0 Å². The average molecular weight is 292 g/mol. The molecule has 1 aliphatic heterocycles. The molecule has 0 radical (unpaired) electrons. The molecule has 1 aliphatic rings. The van der Waals surface area contributed by atoms with E-state index in [9.17, 15) is 13.5 Å². The topological polar surface area (TPSA) is 75.6 Å². The van der Waals surface area contributed by atoms with Crippen molar-refractivity contribution in [2.45, 2.75) is 12.1 Å². The lowest BCUT2D eigenvalue weighted by Gasteiger charge is -2.18. The summed E-state index contributed by atoms with van der Waals surface area (Å²) in [6.07, 6.45) is -0.918. The second-order valence-corrected chi connectivity index (χ2v) is 6.83. The molecule has 2 N–H and O–H groups in total. The van der Waals surface area contributed by atoms with E-state index in [1.807, 2.05) is 0 Å². The summed E-state index contributed by atoms with van der Waals surface area (Å²) in [4.78, 5) is 0. The molecule has 1 fully saturated rings. The molecule has 0 bridgehead atoms. The number of hydrogen-bond donors (Lipinski definition) is 2. The first kappa shape index (κ1) is 13.5. The third-order valence-corrected chi connectivity index (χ3v) is 4.78. The van der Waals surface area contributed by atoms with Crippen LogP contribution in [0.2, 0.25) is 5.02 Å². The van der Waals surface area contributed by atoms with Gasteiger partial charge in [0.1, 0.15) is 5.75 Å². The number of halogens is 1. The highest BCUT2D eigenvalue weighted by atomic mass is 35.5. The van der Waals surface area contributed by atoms with E-state index in [0.29, 0.717) is 16.5 Å². The quantitative estimate of drug-likeness (QED) is 0.866. The number of anilines is 1. The molecule has 0 aliphatic carbocycles. The fraction of sp³-hybridized carbons (Fsp3) is 0.455. The highest BCUT2D eigenvalue weighted by Crippen LogP contribution is 2.29. The van der Waals surface area contributed by atoms with Gasteiger partial charge in [-0.05, 0) is 18.2 Å². The number of aliphatic hydroxyl groups is 1. The Morgan fingerprint density at radius 2 is 2.17 bits per heavy atom. The molecular formula is C11H14ClNO4S. The summed E-state index contributed by atoms with van der Waals surface area (Å²) in [5.74, 6) is 0.244. The molecule has 1 heterocycles. The van der Waals surface area contributed by atoms with E-state index in [-0.39, 0.29) is 11.5 Å². The van der Waals surface area contributed by atoms with Crippen LogP contribution in [0.1, 0.15) is 0 Å². The van der Waals surface area contributed by atoms with Crippen LogP contribution in [0, 0.1) is 0 Å². The second kappa shape index (κ2) is 4.95. The Labute approximate surface area is 111 Å². The van der Waals surface area contributed by atoms with E-state index in [0.717, 1.165) is 0 Å². The van der Waals surface area contributed by atoms with E-state index >= 15 is 0 Å². The summed E-state index contributed by atoms with van der Waals surface area (Å²) in [6.45, 7) is 0. The minimum absolute atomic E-state index is 0.0934. The predicted molar refractivity (Wildman–Crippen MR) is 70.1 cm³/mol. The van der Waals surface area contributed by atoms with Crippen LogP contribution in [0.3, 0.4) is 0 Å². The van der Waals surface area contributed by atoms with Crippen LogP contribution in [-0.2, 0) is 9.84 Å². The SMILES string of the molecule is COc1ccc(Cl)cc1NC1CS(=O)(=O)CC1O. The Morgan fingerprint density at radius 1 is 1.44 bits per heavy atom. The van der Waals surface area contributed by atoms with Crippen LogP contribution in [0.5, 0.6) is 5.75 Å². The van der Waals surface area contributed by atoms with Crippen molar-refractivity contribution in [1.29, 1.82) is 0 Å². The summed E-state index contributed by atoms with van der Waals surface area (Å²) in [5.41, 5.74) is 0.575. The highest BCUT2D eigenvalue weighted by Gasteiger charge is 2.36. The van der Waals surface area contributed by atoms with Gasteiger partial charge in [-0.25, -0.2) is 8.42 Å². The molecular weight excluding hydrogens is 278 g/mol. The molecule has 18 heavy (non-hydrogen) atoms. The number of rotatable bonds is 3. The van der Waals surface area contributed by atoms with Crippen molar-refractivity contribution < 1.29 is 18.3 Å². The predicted octanol–water partition coefficient (Wildman–Crippen LogP) is 0.918. The van der Waals surface area contributed by atoms with Gasteiger partial charge in [-0.3, -0.25) is 0 Å². The van der Waals surface area contributed by atoms with E-state index in [1.54, 1.807) is 18.2 Å². The smallest absolute Gasteiger partial charge is 0.155 e. The van der Waals surface area contributed by atoms with Gasteiger partial charge in [-0.15, -0.1) is 0 Å². The highest BCUT2D eigenvalue weighted by molar-refractivity contribution is 7.91. The van der Waals surface area contributed by atoms with Crippen LogP contribution >= 0.6 is 11.6 Å². The number of hydrogen-bond acceptors (Lipinski definition) is 5. The normalized spacial score (nSPS) is 25.9. The summed E-state index contributed by atoms with van der Waals surface area (Å²) in [5, 5.41) is 13.2. The Hall–Kier alpha value is -0.980. The molecule has 100 valence electrons. The minimum Gasteiger partial charge on any atom is -0.495 e. The second-order valence-electron chi connectivity index (χ2n) is 4.24. The molecule has 0 saturated carbocycles. The van der Waals surface area contributed by atoms with Gasteiger partial charge in [0, 0.05) is 5.02 Å². The van der Waals surface area contributed by atoms with Gasteiger partial charge in [-0.1, -0.05) is 11.6 Å². The summed E-state index contributed by atoms with van der Waals surface area (Å²) in [7, 11) is -1.67. The van der Waals surface area contributed by atoms with E-state index in [1.165, 1.54) is 7.11 Å². The Morgan fingerprint density at radius 3 is 2.72 bits per heavy atom. The van der Waals surface area contributed by atoms with Crippen molar-refractivity contribution in [3.8, 4) is 5.75 Å². The molecule has 2 atom stereocenters. The van der Waals surface area contributed by atoms with Crippen molar-refractivity contribution in [2.24, 2.45) is 0 Å². The fourth-order valence-corrected chi connectivity index (χ4v) is 3.87. The van der Waals surface area contributed by atoms with E-state index in [4.69, 9.17) is 16.3 Å². The standard InChI is InChI=1S/C11H14ClNO4S/c1-17-11-3-2-7(12)4-8(11)13-9-5-18(15,16)6-10(9)14/h2-4,9-10,13-14H,5-6H2,1H3. The molecule has 5 nitrogen and oxygen atoms in total. The van der Waals surface area contributed by atoms with Gasteiger partial charge in [-0.2, -0.15) is 0 Å². The van der Waals surface area contributed by atoms with Gasteiger partial charge in [0.15, 0.2) is 9.84 Å². The lowest BCUT2D eigenvalue weighted by atomic mass is 10.2. The van der Waals surface area contributed by atoms with Gasteiger partial charge in [0.25, 0.3) is 0 Å². The molecule has 1 aromatic carbocycles. The zero-order valence-electron chi connectivity index (χ0n) is 9.76. The van der Waals surface area contributed by atoms with Crippen LogP contribution < -0.4 is 10.1 Å². The minimum atomic E-state index is -3.18. The summed E-state index contributed by atoms with van der Waals surface area (Å²) in [6, 6.07) is 4.45. The van der Waals surface area contributed by atoms with E-state index < -0.39 is 22.0 Å². The molecule has 1 aromatic rings. The maximum absolute atomic E-state index is 11.4. The number of aliphatic hydroxyl groups excluding tert-OH is 1. The van der Waals surface area contributed by atoms with Crippen molar-refractivity contribution in [2.75, 3.05) is 23.9 Å². The zero-order valence-corrected chi connectivity index (χ0v) is 11.3. The van der Waals surface area contributed by atoms with Crippen molar-refractivity contribution in [3.05, 3.63) is 23.2 Å². The molecule has 0 spiro atoms. The van der Waals surface area contributed by atoms with Gasteiger partial charge < -0.3 is 15.2 Å². The Balaban J connectivity index is 2.22. The van der Waals surface area contributed by atoms with Crippen LogP contribution in [0.15, 0.2) is 18.2 Å². The van der Waals surface area contributed by atoms with Crippen molar-refractivity contribution >= 4 is 27.1 Å². The number of sulfone groups is 1. The number of methoxy groups -OCH3 is 1. The Kier molecular flexibility index (Phi) is 3.70. The first-order valence-corrected chi connectivity index (χ1v) is 7.60. The molecule has 0 amide bonds. The largest absolute Gasteiger partial charge is 0.495 e. The first-order valence-electron chi connectivity index (χ1n) is 5.40. The maximum Gasteiger partial charge on any atom is 0.155 e. The summed E-state index contributed by atoms with van der Waals surface area (Å²) >= 11 is 5.88. The molecule has 2 unspecified atom stereocenters. The lowest BCUT2D eigenvalue weighted by molar-refractivity contribution is 0.190.